The molecule has 0 amide bonds. The molecule has 0 aliphatic heterocycles. The monoisotopic (exact) mass is 359 g/mol. The number of benzene rings is 3. The van der Waals surface area contributed by atoms with Gasteiger partial charge in [-0.25, -0.2) is 0 Å². The van der Waals surface area contributed by atoms with Crippen LogP contribution in [0.3, 0.4) is 0 Å². The normalized spacial score (nSPS) is 10.9. The Kier molecular flexibility index (Phi) is 4.31. The minimum Gasteiger partial charge on any atom is -0.150 e. The molecule has 0 N–H and O–H groups in total. The van der Waals surface area contributed by atoms with E-state index in [4.69, 9.17) is 21.8 Å². The lowest BCUT2D eigenvalue weighted by Crippen LogP contribution is -1.98. The van der Waals surface area contributed by atoms with E-state index < -0.39 is 0 Å². The molecule has 0 fully saturated rings. The minimum atomic E-state index is 0.705. The van der Waals surface area contributed by atoms with Gasteiger partial charge >= 0.3 is 0 Å². The molecule has 0 aliphatic rings. The third-order valence-electron chi connectivity index (χ3n) is 4.32. The molecule has 1 aromatic heterocycles. The van der Waals surface area contributed by atoms with Crippen LogP contribution in [0, 0.1) is 13.8 Å². The maximum atomic E-state index is 6.05. The molecule has 0 radical (unpaired) electrons. The average Bonchev–Trinajstić information content (AvgIpc) is 3.09. The quantitative estimate of drug-likeness (QED) is 0.458. The molecular formula is C22H18ClN3. The molecule has 0 saturated heterocycles. The maximum absolute atomic E-state index is 6.05. The third kappa shape index (κ3) is 3.26. The van der Waals surface area contributed by atoms with Crippen molar-refractivity contribution in [2.45, 2.75) is 13.8 Å². The van der Waals surface area contributed by atoms with E-state index in [2.05, 4.69) is 50.2 Å². The summed E-state index contributed by atoms with van der Waals surface area (Å²) >= 11 is 6.05. The predicted octanol–water partition coefficient (Wildman–Crippen LogP) is 5.87. The molecule has 4 aromatic rings. The zero-order chi connectivity index (χ0) is 18.1. The first-order valence-corrected chi connectivity index (χ1v) is 8.85. The lowest BCUT2D eigenvalue weighted by atomic mass is 10.0. The summed E-state index contributed by atoms with van der Waals surface area (Å²) in [4.78, 5) is 1.69. The largest absolute Gasteiger partial charge is 0.150 e. The number of aryl methyl sites for hydroxylation is 2. The summed E-state index contributed by atoms with van der Waals surface area (Å²) in [7, 11) is 0. The maximum Gasteiger partial charge on any atom is 0.121 e. The fourth-order valence-corrected chi connectivity index (χ4v) is 2.93. The number of rotatable bonds is 3. The number of aromatic nitrogens is 3. The molecule has 0 atom stereocenters. The Labute approximate surface area is 157 Å². The van der Waals surface area contributed by atoms with Crippen molar-refractivity contribution in [1.29, 1.82) is 0 Å². The van der Waals surface area contributed by atoms with Crippen molar-refractivity contribution in [3.63, 3.8) is 0 Å². The number of hydrogen-bond acceptors (Lipinski definition) is 2. The summed E-state index contributed by atoms with van der Waals surface area (Å²) in [6.45, 7) is 4.14. The predicted molar refractivity (Wildman–Crippen MR) is 107 cm³/mol. The highest BCUT2D eigenvalue weighted by Gasteiger charge is 2.16. The van der Waals surface area contributed by atoms with E-state index in [1.165, 1.54) is 11.1 Å². The fourth-order valence-electron chi connectivity index (χ4n) is 2.81. The van der Waals surface area contributed by atoms with E-state index in [0.717, 1.165) is 28.2 Å². The second-order valence-electron chi connectivity index (χ2n) is 6.40. The van der Waals surface area contributed by atoms with Crippen molar-refractivity contribution in [3.8, 4) is 28.2 Å². The first-order chi connectivity index (χ1) is 12.6. The van der Waals surface area contributed by atoms with Gasteiger partial charge in [0.1, 0.15) is 11.4 Å². The number of halogens is 1. The van der Waals surface area contributed by atoms with Crippen molar-refractivity contribution < 1.29 is 0 Å². The lowest BCUT2D eigenvalue weighted by Gasteiger charge is -2.02. The molecule has 0 saturated carbocycles. The highest BCUT2D eigenvalue weighted by atomic mass is 35.5. The van der Waals surface area contributed by atoms with Crippen LogP contribution in [0.25, 0.3) is 28.2 Å². The third-order valence-corrected chi connectivity index (χ3v) is 4.57. The van der Waals surface area contributed by atoms with Crippen LogP contribution >= 0.6 is 11.6 Å². The van der Waals surface area contributed by atoms with E-state index in [-0.39, 0.29) is 0 Å². The Morgan fingerprint density at radius 2 is 1.04 bits per heavy atom. The van der Waals surface area contributed by atoms with Crippen molar-refractivity contribution in [2.75, 3.05) is 0 Å². The molecule has 0 aliphatic carbocycles. The smallest absolute Gasteiger partial charge is 0.121 e. The van der Waals surface area contributed by atoms with Crippen molar-refractivity contribution in [3.05, 3.63) is 88.9 Å². The molecule has 128 valence electrons. The minimum absolute atomic E-state index is 0.705. The van der Waals surface area contributed by atoms with E-state index in [9.17, 15) is 0 Å². The zero-order valence-electron chi connectivity index (χ0n) is 14.6. The summed E-state index contributed by atoms with van der Waals surface area (Å²) in [5.41, 5.74) is 7.08. The standard InChI is InChI=1S/C22H18ClN3/c1-15-3-7-17(8-4-15)21-22(18-9-11-19(23)12-10-18)25-26(24-21)20-13-5-16(2)6-14-20/h3-14H,1-2H3. The van der Waals surface area contributed by atoms with Crippen molar-refractivity contribution >= 4 is 11.6 Å². The van der Waals surface area contributed by atoms with E-state index in [1.54, 1.807) is 4.80 Å². The number of hydrogen-bond donors (Lipinski definition) is 0. The van der Waals surface area contributed by atoms with Gasteiger partial charge in [0.25, 0.3) is 0 Å². The van der Waals surface area contributed by atoms with Gasteiger partial charge in [-0.1, -0.05) is 71.3 Å². The summed E-state index contributed by atoms with van der Waals surface area (Å²) in [6, 6.07) is 24.2. The molecule has 0 spiro atoms. The molecule has 3 aromatic carbocycles. The molecule has 26 heavy (non-hydrogen) atoms. The summed E-state index contributed by atoms with van der Waals surface area (Å²) < 4.78 is 0. The zero-order valence-corrected chi connectivity index (χ0v) is 15.4. The second kappa shape index (κ2) is 6.77. The van der Waals surface area contributed by atoms with Gasteiger partial charge in [0.05, 0.1) is 5.69 Å². The van der Waals surface area contributed by atoms with Gasteiger partial charge in [-0.3, -0.25) is 0 Å². The van der Waals surface area contributed by atoms with E-state index >= 15 is 0 Å². The van der Waals surface area contributed by atoms with Gasteiger partial charge in [0.15, 0.2) is 0 Å². The number of nitrogens with zero attached hydrogens (tertiary/aromatic N) is 3. The molecule has 0 bridgehead atoms. The summed E-state index contributed by atoms with van der Waals surface area (Å²) in [6.07, 6.45) is 0. The Morgan fingerprint density at radius 1 is 0.615 bits per heavy atom. The van der Waals surface area contributed by atoms with Crippen LogP contribution < -0.4 is 0 Å². The topological polar surface area (TPSA) is 30.7 Å². The van der Waals surface area contributed by atoms with Crippen LogP contribution in [0.15, 0.2) is 72.8 Å². The molecule has 3 nitrogen and oxygen atoms in total. The van der Waals surface area contributed by atoms with Crippen LogP contribution in [0.2, 0.25) is 5.02 Å². The van der Waals surface area contributed by atoms with Crippen LogP contribution in [-0.4, -0.2) is 15.0 Å². The van der Waals surface area contributed by atoms with Gasteiger partial charge in [0, 0.05) is 16.1 Å². The van der Waals surface area contributed by atoms with Gasteiger partial charge in [-0.2, -0.15) is 4.80 Å². The Morgan fingerprint density at radius 3 is 1.54 bits per heavy atom. The fraction of sp³-hybridized carbons (Fsp3) is 0.0909. The van der Waals surface area contributed by atoms with Gasteiger partial charge < -0.3 is 0 Å². The van der Waals surface area contributed by atoms with Gasteiger partial charge in [0.2, 0.25) is 0 Å². The molecule has 0 unspecified atom stereocenters. The molecule has 1 heterocycles. The van der Waals surface area contributed by atoms with Crippen LogP contribution in [0.5, 0.6) is 0 Å². The molecule has 4 rings (SSSR count). The SMILES string of the molecule is Cc1ccc(-c2nn(-c3ccc(C)cc3)nc2-c2ccc(Cl)cc2)cc1. The first-order valence-electron chi connectivity index (χ1n) is 8.47. The van der Waals surface area contributed by atoms with E-state index in [1.807, 2.05) is 36.4 Å². The lowest BCUT2D eigenvalue weighted by molar-refractivity contribution is 0.755. The van der Waals surface area contributed by atoms with Gasteiger partial charge in [-0.05, 0) is 38.1 Å². The summed E-state index contributed by atoms with van der Waals surface area (Å²) in [5.74, 6) is 0. The molecule has 4 heteroatoms. The molecular weight excluding hydrogens is 342 g/mol. The first kappa shape index (κ1) is 16.6. The van der Waals surface area contributed by atoms with Gasteiger partial charge in [-0.15, -0.1) is 10.2 Å². The summed E-state index contributed by atoms with van der Waals surface area (Å²) in [5, 5.41) is 10.3. The highest BCUT2D eigenvalue weighted by molar-refractivity contribution is 6.30. The second-order valence-corrected chi connectivity index (χ2v) is 6.83. The van der Waals surface area contributed by atoms with Crippen LogP contribution in [-0.2, 0) is 0 Å². The Hall–Kier alpha value is -2.91. The van der Waals surface area contributed by atoms with Crippen molar-refractivity contribution in [2.24, 2.45) is 0 Å². The van der Waals surface area contributed by atoms with Crippen LogP contribution in [0.4, 0.5) is 0 Å². The Bertz CT molecular complexity index is 967. The Balaban J connectivity index is 1.88. The van der Waals surface area contributed by atoms with Crippen molar-refractivity contribution in [1.82, 2.24) is 15.0 Å². The van der Waals surface area contributed by atoms with E-state index in [0.29, 0.717) is 5.02 Å². The highest BCUT2D eigenvalue weighted by Crippen LogP contribution is 2.30. The van der Waals surface area contributed by atoms with Crippen LogP contribution in [0.1, 0.15) is 11.1 Å². The average molecular weight is 360 g/mol.